The minimum absolute atomic E-state index is 0.0344. The normalized spacial score (nSPS) is 14.4. The summed E-state index contributed by atoms with van der Waals surface area (Å²) in [5.74, 6) is 1.49. The van der Waals surface area contributed by atoms with Gasteiger partial charge in [0, 0.05) is 55.2 Å². The summed E-state index contributed by atoms with van der Waals surface area (Å²) in [6, 6.07) is 23.3. The zero-order valence-electron chi connectivity index (χ0n) is 37.2. The number of carbonyl (C=O) groups excluding carboxylic acids is 2. The topological polar surface area (TPSA) is 155 Å². The van der Waals surface area contributed by atoms with Gasteiger partial charge in [-0.1, -0.05) is 94.8 Å². The lowest BCUT2D eigenvalue weighted by atomic mass is 9.93. The molecule has 0 spiro atoms. The molecule has 326 valence electrons. The molecule has 1 aliphatic rings. The summed E-state index contributed by atoms with van der Waals surface area (Å²) in [5.41, 5.74) is 2.42. The number of hydrogen-bond acceptors (Lipinski definition) is 11. The van der Waals surface area contributed by atoms with Gasteiger partial charge in [0.05, 0.1) is 27.0 Å². The maximum absolute atomic E-state index is 12.7. The molecule has 0 aliphatic carbocycles. The van der Waals surface area contributed by atoms with Gasteiger partial charge in [-0.05, 0) is 61.9 Å². The van der Waals surface area contributed by atoms with Crippen molar-refractivity contribution in [1.82, 2.24) is 29.6 Å². The largest absolute Gasteiger partial charge is 0.496 e. The molecule has 14 nitrogen and oxygen atoms in total. The Kier molecular flexibility index (Phi) is 14.3. The molecule has 1 aliphatic heterocycles. The number of aromatic nitrogens is 5. The molecule has 0 unspecified atom stereocenters. The van der Waals surface area contributed by atoms with Crippen molar-refractivity contribution in [3.8, 4) is 5.75 Å². The van der Waals surface area contributed by atoms with Crippen molar-refractivity contribution in [2.45, 2.75) is 110 Å². The second-order valence-corrected chi connectivity index (χ2v) is 21.9. The number of anilines is 2. The number of carbonyl (C=O) groups is 2. The summed E-state index contributed by atoms with van der Waals surface area (Å²) in [5, 5.41) is 13.4. The molecule has 3 aromatic heterocycles. The van der Waals surface area contributed by atoms with Crippen LogP contribution in [0.4, 0.5) is 21.4 Å². The molecule has 6 rings (SSSR count). The van der Waals surface area contributed by atoms with Gasteiger partial charge in [-0.15, -0.1) is 0 Å². The van der Waals surface area contributed by atoms with Crippen LogP contribution in [0.1, 0.15) is 97.7 Å². The summed E-state index contributed by atoms with van der Waals surface area (Å²) in [4.78, 5) is 41.1. The number of rotatable bonds is 15. The highest BCUT2D eigenvalue weighted by Gasteiger charge is 2.50. The third-order valence-electron chi connectivity index (χ3n) is 11.1. The van der Waals surface area contributed by atoms with Gasteiger partial charge in [-0.2, -0.15) is 10.1 Å². The fourth-order valence-corrected chi connectivity index (χ4v) is 12.8. The number of pyridine rings is 1. The Hall–Kier alpha value is -5.54. The van der Waals surface area contributed by atoms with Crippen LogP contribution in [0.25, 0.3) is 11.0 Å². The average molecular weight is 851 g/mol. The quantitative estimate of drug-likeness (QED) is 0.0982. The molecule has 0 bridgehead atoms. The van der Waals surface area contributed by atoms with E-state index < -0.39 is 20.0 Å². The Balaban J connectivity index is 1.26. The number of benzene rings is 2. The zero-order chi connectivity index (χ0) is 43.8. The van der Waals surface area contributed by atoms with Crippen LogP contribution in [-0.2, 0) is 20.4 Å². The molecule has 4 heterocycles. The van der Waals surface area contributed by atoms with Crippen molar-refractivity contribution in [2.24, 2.45) is 0 Å². The first-order chi connectivity index (χ1) is 29.1. The Bertz CT molecular complexity index is 2190. The molecule has 2 amide bonds. The predicted octanol–water partition coefficient (Wildman–Crippen LogP) is 8.12. The van der Waals surface area contributed by atoms with E-state index in [-0.39, 0.29) is 29.0 Å². The van der Waals surface area contributed by atoms with Crippen LogP contribution in [0.3, 0.4) is 0 Å². The van der Waals surface area contributed by atoms with E-state index in [4.69, 9.17) is 33.7 Å². The highest BCUT2D eigenvalue weighted by Crippen LogP contribution is 2.37. The van der Waals surface area contributed by atoms with Crippen molar-refractivity contribution < 1.29 is 28.2 Å². The van der Waals surface area contributed by atoms with Crippen molar-refractivity contribution in [3.05, 3.63) is 90.4 Å². The number of methoxy groups -OCH3 is 2. The molecule has 61 heavy (non-hydrogen) atoms. The maximum atomic E-state index is 12.7. The van der Waals surface area contributed by atoms with Crippen molar-refractivity contribution in [1.29, 1.82) is 0 Å². The lowest BCUT2D eigenvalue weighted by Crippen LogP contribution is -2.66. The maximum Gasteiger partial charge on any atom is 0.413 e. The van der Waals surface area contributed by atoms with Gasteiger partial charge < -0.3 is 28.9 Å². The molecule has 1 saturated heterocycles. The number of amides is 2. The number of nitrogens with zero attached hydrogens (tertiary/aromatic N) is 6. The summed E-state index contributed by atoms with van der Waals surface area (Å²) >= 11 is 0. The molecule has 0 saturated carbocycles. The fraction of sp³-hybridized carbons (Fsp3) is 0.478. The number of nitrogens with one attached hydrogen (secondary N) is 2. The van der Waals surface area contributed by atoms with E-state index in [1.165, 1.54) is 17.5 Å². The first-order valence-corrected chi connectivity index (χ1v) is 23.2. The van der Waals surface area contributed by atoms with E-state index in [2.05, 4.69) is 104 Å². The fourth-order valence-electron chi connectivity index (χ4n) is 8.22. The minimum Gasteiger partial charge on any atom is -0.496 e. The van der Waals surface area contributed by atoms with Crippen LogP contribution in [-0.4, -0.2) is 95.7 Å². The van der Waals surface area contributed by atoms with Crippen LogP contribution in [0, 0.1) is 0 Å². The third kappa shape index (κ3) is 10.7. The summed E-state index contributed by atoms with van der Waals surface area (Å²) in [7, 11) is 0.197. The molecule has 2 N–H and O–H groups in total. The molecular weight excluding hydrogens is 789 g/mol. The highest BCUT2D eigenvalue weighted by atomic mass is 28.4. The molecule has 15 heteroatoms. The van der Waals surface area contributed by atoms with Crippen LogP contribution in [0.2, 0.25) is 5.04 Å². The number of likely N-dealkylation sites (tertiary alicyclic amines) is 1. The van der Waals surface area contributed by atoms with Gasteiger partial charge in [0.2, 0.25) is 5.95 Å². The van der Waals surface area contributed by atoms with E-state index in [9.17, 15) is 9.59 Å². The molecule has 0 radical (unpaired) electrons. The number of ether oxygens (including phenoxy) is 3. The zero-order valence-corrected chi connectivity index (χ0v) is 38.2. The molecule has 1 atom stereocenters. The average Bonchev–Trinajstić information content (AvgIpc) is 3.64. The first kappa shape index (κ1) is 45.0. The van der Waals surface area contributed by atoms with E-state index in [0.717, 1.165) is 36.9 Å². The predicted molar refractivity (Wildman–Crippen MR) is 242 cm³/mol. The SMILES string of the molecule is CCC[C@@H](CCO[Si](c1ccccc1)(c1ccccc1)C(C)(C)C)Nc1nc(NC(=O)OC)nc2cnn(Cc3cnc(C4CCN(C(=O)OC(C)(C)C)CC4)cc3OC)c12. The van der Waals surface area contributed by atoms with Gasteiger partial charge >= 0.3 is 12.2 Å². The van der Waals surface area contributed by atoms with Gasteiger partial charge in [-0.3, -0.25) is 15.0 Å². The molecule has 1 fully saturated rings. The third-order valence-corrected chi connectivity index (χ3v) is 16.2. The van der Waals surface area contributed by atoms with Gasteiger partial charge in [0.25, 0.3) is 8.32 Å². The Morgan fingerprint density at radius 3 is 2.13 bits per heavy atom. The molecular formula is C46H62N8O6Si. The molecule has 5 aromatic rings. The number of piperidine rings is 1. The van der Waals surface area contributed by atoms with E-state index >= 15 is 0 Å². The van der Waals surface area contributed by atoms with Gasteiger partial charge in [0.15, 0.2) is 5.82 Å². The van der Waals surface area contributed by atoms with Crippen LogP contribution in [0.5, 0.6) is 5.75 Å². The summed E-state index contributed by atoms with van der Waals surface area (Å²) < 4.78 is 25.5. The highest BCUT2D eigenvalue weighted by molar-refractivity contribution is 6.99. The van der Waals surface area contributed by atoms with Gasteiger partial charge in [0.1, 0.15) is 22.4 Å². The summed E-state index contributed by atoms with van der Waals surface area (Å²) in [6.45, 7) is 16.7. The Morgan fingerprint density at radius 1 is 0.902 bits per heavy atom. The second kappa shape index (κ2) is 19.4. The first-order valence-electron chi connectivity index (χ1n) is 21.3. The lowest BCUT2D eigenvalue weighted by Gasteiger charge is -2.43. The molecule has 2 aromatic carbocycles. The number of fused-ring (bicyclic) bond motifs is 1. The minimum atomic E-state index is -2.76. The number of hydrogen-bond donors (Lipinski definition) is 2. The van der Waals surface area contributed by atoms with Crippen molar-refractivity contribution >= 4 is 53.7 Å². The van der Waals surface area contributed by atoms with Crippen LogP contribution < -0.4 is 25.7 Å². The van der Waals surface area contributed by atoms with E-state index in [0.29, 0.717) is 55.3 Å². The van der Waals surface area contributed by atoms with Crippen LogP contribution >= 0.6 is 0 Å². The smallest absolute Gasteiger partial charge is 0.413 e. The van der Waals surface area contributed by atoms with Gasteiger partial charge in [-0.25, -0.2) is 14.6 Å². The summed E-state index contributed by atoms with van der Waals surface area (Å²) in [6.07, 6.45) is 6.56. The van der Waals surface area contributed by atoms with Crippen molar-refractivity contribution in [3.63, 3.8) is 0 Å². The standard InChI is InChI=1S/C46H62N8O6Si/c1-10-17-34(24-27-59-61(46(5,6)7,35-18-13-11-14-19-35)36-20-15-12-16-21-36)49-41-40-38(50-42(51-41)52-43(55)58-9)30-48-54(40)31-33-29-47-37(28-39(33)57-8)32-22-25-53(26-23-32)44(56)60-45(2,3)4/h11-16,18-21,28-30,32,34H,10,17,22-27,31H2,1-9H3,(H2,49,50,51,52,55)/t34-/m0/s1. The van der Waals surface area contributed by atoms with E-state index in [1.54, 1.807) is 18.2 Å². The van der Waals surface area contributed by atoms with Crippen molar-refractivity contribution in [2.75, 3.05) is 44.5 Å². The van der Waals surface area contributed by atoms with E-state index in [1.807, 2.05) is 37.7 Å². The lowest BCUT2D eigenvalue weighted by molar-refractivity contribution is 0.0204. The van der Waals surface area contributed by atoms with Crippen LogP contribution in [0.15, 0.2) is 79.1 Å². The Morgan fingerprint density at radius 2 is 1.56 bits per heavy atom. The Labute approximate surface area is 360 Å². The monoisotopic (exact) mass is 850 g/mol. The second-order valence-electron chi connectivity index (χ2n) is 17.6.